The maximum absolute atomic E-state index is 12.8. The van der Waals surface area contributed by atoms with Gasteiger partial charge in [0.1, 0.15) is 5.82 Å². The molecule has 0 aliphatic heterocycles. The molecule has 94 valence electrons. The number of pyridine rings is 1. The summed E-state index contributed by atoms with van der Waals surface area (Å²) in [5.41, 5.74) is 0.808. The second-order valence-electron chi connectivity index (χ2n) is 3.57. The summed E-state index contributed by atoms with van der Waals surface area (Å²) in [5, 5.41) is 0. The number of thioether (sulfide) groups is 1. The van der Waals surface area contributed by atoms with Gasteiger partial charge in [-0.25, -0.2) is 4.39 Å². The molecule has 3 nitrogen and oxygen atoms in total. The normalized spacial score (nSPS) is 10.3. The molecule has 1 amide bonds. The Morgan fingerprint density at radius 1 is 1.41 bits per heavy atom. The number of rotatable bonds is 6. The molecule has 0 aliphatic rings. The van der Waals surface area contributed by atoms with Crippen molar-refractivity contribution >= 4 is 17.7 Å². The van der Waals surface area contributed by atoms with Crippen LogP contribution in [-0.2, 0) is 10.5 Å². The van der Waals surface area contributed by atoms with E-state index in [4.69, 9.17) is 0 Å². The van der Waals surface area contributed by atoms with Gasteiger partial charge in [0, 0.05) is 25.0 Å². The number of hydrogen-bond acceptors (Lipinski definition) is 3. The van der Waals surface area contributed by atoms with Crippen molar-refractivity contribution < 1.29 is 9.18 Å². The zero-order chi connectivity index (χ0) is 12.7. The lowest BCUT2D eigenvalue weighted by molar-refractivity contribution is -0.127. The highest BCUT2D eigenvalue weighted by Gasteiger charge is 2.09. The Labute approximate surface area is 105 Å². The minimum atomic E-state index is -0.335. The van der Waals surface area contributed by atoms with E-state index in [1.807, 2.05) is 13.8 Å². The van der Waals surface area contributed by atoms with Gasteiger partial charge in [0.2, 0.25) is 5.91 Å². The Balaban J connectivity index is 2.35. The second kappa shape index (κ2) is 7.27. The zero-order valence-electron chi connectivity index (χ0n) is 10.1. The van der Waals surface area contributed by atoms with Crippen LogP contribution in [0.25, 0.3) is 0 Å². The average Bonchev–Trinajstić information content (AvgIpc) is 2.30. The van der Waals surface area contributed by atoms with Crippen molar-refractivity contribution in [1.82, 2.24) is 9.88 Å². The highest BCUT2D eigenvalue weighted by molar-refractivity contribution is 7.99. The van der Waals surface area contributed by atoms with Crippen molar-refractivity contribution in [1.29, 1.82) is 0 Å². The summed E-state index contributed by atoms with van der Waals surface area (Å²) in [4.78, 5) is 17.2. The van der Waals surface area contributed by atoms with Crippen LogP contribution in [0.3, 0.4) is 0 Å². The lowest BCUT2D eigenvalue weighted by Crippen LogP contribution is -2.31. The second-order valence-corrected chi connectivity index (χ2v) is 4.56. The van der Waals surface area contributed by atoms with E-state index in [9.17, 15) is 9.18 Å². The van der Waals surface area contributed by atoms with Crippen LogP contribution in [0, 0.1) is 5.82 Å². The molecule has 1 aromatic rings. The van der Waals surface area contributed by atoms with Crippen molar-refractivity contribution in [2.45, 2.75) is 19.6 Å². The predicted molar refractivity (Wildman–Crippen MR) is 68.3 cm³/mol. The molecule has 0 spiro atoms. The van der Waals surface area contributed by atoms with Crippen LogP contribution in [0.5, 0.6) is 0 Å². The lowest BCUT2D eigenvalue weighted by Gasteiger charge is -2.18. The van der Waals surface area contributed by atoms with Crippen LogP contribution in [0.4, 0.5) is 4.39 Å². The summed E-state index contributed by atoms with van der Waals surface area (Å²) in [6.45, 7) is 5.39. The van der Waals surface area contributed by atoms with Gasteiger partial charge in [-0.1, -0.05) is 0 Å². The number of carbonyl (C=O) groups is 1. The van der Waals surface area contributed by atoms with Crippen molar-refractivity contribution in [2.75, 3.05) is 18.8 Å². The van der Waals surface area contributed by atoms with Gasteiger partial charge in [-0.05, 0) is 25.5 Å². The van der Waals surface area contributed by atoms with Crippen molar-refractivity contribution in [3.8, 4) is 0 Å². The van der Waals surface area contributed by atoms with Crippen LogP contribution in [0.2, 0.25) is 0 Å². The van der Waals surface area contributed by atoms with E-state index < -0.39 is 0 Å². The third kappa shape index (κ3) is 4.73. The molecule has 1 aromatic heterocycles. The fraction of sp³-hybridized carbons (Fsp3) is 0.500. The molecule has 0 N–H and O–H groups in total. The van der Waals surface area contributed by atoms with Gasteiger partial charge in [0.15, 0.2) is 0 Å². The van der Waals surface area contributed by atoms with Crippen LogP contribution in [0.1, 0.15) is 19.4 Å². The van der Waals surface area contributed by atoms with E-state index in [1.54, 1.807) is 11.1 Å². The van der Waals surface area contributed by atoms with Crippen LogP contribution >= 0.6 is 11.8 Å². The molecule has 0 radical (unpaired) electrons. The zero-order valence-corrected chi connectivity index (χ0v) is 11.0. The first-order valence-corrected chi connectivity index (χ1v) is 6.77. The molecule has 0 fully saturated rings. The lowest BCUT2D eigenvalue weighted by atomic mass is 10.3. The number of amides is 1. The monoisotopic (exact) mass is 256 g/mol. The van der Waals surface area contributed by atoms with E-state index in [-0.39, 0.29) is 11.7 Å². The summed E-state index contributed by atoms with van der Waals surface area (Å²) in [6, 6.07) is 1.45. The smallest absolute Gasteiger partial charge is 0.232 e. The summed E-state index contributed by atoms with van der Waals surface area (Å²) in [7, 11) is 0. The molecule has 1 heterocycles. The minimum absolute atomic E-state index is 0.129. The van der Waals surface area contributed by atoms with E-state index in [1.165, 1.54) is 24.0 Å². The Kier molecular flexibility index (Phi) is 5.97. The molecule has 17 heavy (non-hydrogen) atoms. The standard InChI is InChI=1S/C12H17FN2OS/c1-3-15(4-2)12(16)9-17-8-10-5-11(13)7-14-6-10/h5-7H,3-4,8-9H2,1-2H3. The van der Waals surface area contributed by atoms with Crippen LogP contribution in [-0.4, -0.2) is 34.6 Å². The van der Waals surface area contributed by atoms with Gasteiger partial charge in [-0.15, -0.1) is 11.8 Å². The fourth-order valence-corrected chi connectivity index (χ4v) is 2.31. The van der Waals surface area contributed by atoms with Crippen molar-refractivity contribution in [2.24, 2.45) is 0 Å². The third-order valence-electron chi connectivity index (χ3n) is 2.37. The SMILES string of the molecule is CCN(CC)C(=O)CSCc1cncc(F)c1. The molecule has 0 aromatic carbocycles. The van der Waals surface area contributed by atoms with E-state index in [0.717, 1.165) is 18.7 Å². The third-order valence-corrected chi connectivity index (χ3v) is 3.36. The Morgan fingerprint density at radius 3 is 2.71 bits per heavy atom. The topological polar surface area (TPSA) is 33.2 Å². The molecule has 0 unspecified atom stereocenters. The van der Waals surface area contributed by atoms with Gasteiger partial charge < -0.3 is 4.90 Å². The highest BCUT2D eigenvalue weighted by Crippen LogP contribution is 2.12. The largest absolute Gasteiger partial charge is 0.343 e. The van der Waals surface area contributed by atoms with Gasteiger partial charge in [-0.2, -0.15) is 0 Å². The Bertz CT molecular complexity index is 369. The minimum Gasteiger partial charge on any atom is -0.343 e. The van der Waals surface area contributed by atoms with Gasteiger partial charge in [0.25, 0.3) is 0 Å². The molecule has 0 saturated heterocycles. The summed E-state index contributed by atoms with van der Waals surface area (Å²) in [5.74, 6) is 0.832. The highest BCUT2D eigenvalue weighted by atomic mass is 32.2. The van der Waals surface area contributed by atoms with Crippen molar-refractivity contribution in [3.05, 3.63) is 29.8 Å². The number of halogens is 1. The van der Waals surface area contributed by atoms with Gasteiger partial charge in [0.05, 0.1) is 11.9 Å². The Hall–Kier alpha value is -1.10. The quantitative estimate of drug-likeness (QED) is 0.783. The molecule has 0 bridgehead atoms. The molecule has 0 atom stereocenters. The number of nitrogens with zero attached hydrogens (tertiary/aromatic N) is 2. The van der Waals surface area contributed by atoms with Crippen molar-refractivity contribution in [3.63, 3.8) is 0 Å². The van der Waals surface area contributed by atoms with Crippen LogP contribution < -0.4 is 0 Å². The number of aromatic nitrogens is 1. The molecule has 0 saturated carbocycles. The Morgan fingerprint density at radius 2 is 2.12 bits per heavy atom. The molecular formula is C12H17FN2OS. The maximum atomic E-state index is 12.8. The van der Waals surface area contributed by atoms with Gasteiger partial charge >= 0.3 is 0 Å². The van der Waals surface area contributed by atoms with Crippen LogP contribution in [0.15, 0.2) is 18.5 Å². The molecule has 5 heteroatoms. The van der Waals surface area contributed by atoms with E-state index >= 15 is 0 Å². The summed E-state index contributed by atoms with van der Waals surface area (Å²) >= 11 is 1.48. The van der Waals surface area contributed by atoms with Gasteiger partial charge in [-0.3, -0.25) is 9.78 Å². The number of carbonyl (C=O) groups excluding carboxylic acids is 1. The first kappa shape index (κ1) is 14.0. The molecule has 1 rings (SSSR count). The summed E-state index contributed by atoms with van der Waals surface area (Å²) in [6.07, 6.45) is 2.80. The fourth-order valence-electron chi connectivity index (χ4n) is 1.46. The van der Waals surface area contributed by atoms with E-state index in [0.29, 0.717) is 11.5 Å². The average molecular weight is 256 g/mol. The maximum Gasteiger partial charge on any atom is 0.232 e. The molecular weight excluding hydrogens is 239 g/mol. The molecule has 0 aliphatic carbocycles. The van der Waals surface area contributed by atoms with E-state index in [2.05, 4.69) is 4.98 Å². The predicted octanol–water partition coefficient (Wildman–Crippen LogP) is 2.32. The first-order valence-electron chi connectivity index (χ1n) is 5.62. The number of hydrogen-bond donors (Lipinski definition) is 0. The first-order chi connectivity index (χ1) is 8.17. The summed E-state index contributed by atoms with van der Waals surface area (Å²) < 4.78 is 12.8.